The fraction of sp³-hybridized carbons (Fsp3) is 0.400. The molecule has 0 amide bonds. The lowest BCUT2D eigenvalue weighted by molar-refractivity contribution is 0.155. The van der Waals surface area contributed by atoms with Gasteiger partial charge in [-0.05, 0) is 18.1 Å². The second-order valence-electron chi connectivity index (χ2n) is 6.27. The number of benzene rings is 2. The number of hydrogen-bond donors (Lipinski definition) is 2. The zero-order chi connectivity index (χ0) is 17.5. The molecular formula is C20H26ClFN2O2. The zero-order valence-electron chi connectivity index (χ0n) is 14.7. The average molecular weight is 381 g/mol. The van der Waals surface area contributed by atoms with E-state index in [0.29, 0.717) is 18.8 Å². The van der Waals surface area contributed by atoms with Crippen molar-refractivity contribution in [3.8, 4) is 11.5 Å². The maximum atomic E-state index is 13.1. The Hall–Kier alpha value is -1.82. The highest BCUT2D eigenvalue weighted by molar-refractivity contribution is 5.85. The number of rotatable bonds is 7. The normalized spacial score (nSPS) is 15.9. The number of phenols is 1. The summed E-state index contributed by atoms with van der Waals surface area (Å²) in [7, 11) is 0. The van der Waals surface area contributed by atoms with Crippen LogP contribution in [0.15, 0.2) is 48.5 Å². The molecular weight excluding hydrogens is 355 g/mol. The van der Waals surface area contributed by atoms with Crippen molar-refractivity contribution in [2.45, 2.75) is 19.1 Å². The summed E-state index contributed by atoms with van der Waals surface area (Å²) in [5.74, 6) is 0.784. The van der Waals surface area contributed by atoms with Gasteiger partial charge in [-0.3, -0.25) is 9.29 Å². The number of hydrogen-bond acceptors (Lipinski definition) is 4. The summed E-state index contributed by atoms with van der Waals surface area (Å²) < 4.78 is 18.8. The highest BCUT2D eigenvalue weighted by atomic mass is 35.5. The van der Waals surface area contributed by atoms with Crippen LogP contribution in [0.4, 0.5) is 4.39 Å². The Kier molecular flexibility index (Phi) is 8.16. The average Bonchev–Trinajstić information content (AvgIpc) is 2.66. The van der Waals surface area contributed by atoms with Crippen LogP contribution in [0, 0.1) is 0 Å². The third kappa shape index (κ3) is 5.34. The minimum absolute atomic E-state index is 0. The van der Waals surface area contributed by atoms with Gasteiger partial charge in [0, 0.05) is 43.9 Å². The van der Waals surface area contributed by atoms with Gasteiger partial charge in [-0.25, -0.2) is 0 Å². The third-order valence-electron chi connectivity index (χ3n) is 4.58. The Morgan fingerprint density at radius 3 is 2.50 bits per heavy atom. The second kappa shape index (κ2) is 10.4. The Morgan fingerprint density at radius 1 is 1.12 bits per heavy atom. The van der Waals surface area contributed by atoms with Crippen LogP contribution in [0.5, 0.6) is 11.5 Å². The van der Waals surface area contributed by atoms with Gasteiger partial charge >= 0.3 is 0 Å². The number of phenolic OH excluding ortho intramolecular Hbond substituents is 1. The Balaban J connectivity index is 0.00000243. The van der Waals surface area contributed by atoms with E-state index < -0.39 is 6.67 Å². The lowest BCUT2D eigenvalue weighted by Crippen LogP contribution is -2.45. The number of alkyl halides is 1. The lowest BCUT2D eigenvalue weighted by Gasteiger charge is -2.35. The summed E-state index contributed by atoms with van der Waals surface area (Å²) >= 11 is 0. The Morgan fingerprint density at radius 2 is 1.85 bits per heavy atom. The molecule has 6 heteroatoms. The molecule has 1 aliphatic rings. The van der Waals surface area contributed by atoms with E-state index in [4.69, 9.17) is 4.74 Å². The van der Waals surface area contributed by atoms with E-state index >= 15 is 0 Å². The number of halogens is 2. The van der Waals surface area contributed by atoms with Gasteiger partial charge in [-0.2, -0.15) is 0 Å². The summed E-state index contributed by atoms with van der Waals surface area (Å²) in [6, 6.07) is 15.1. The van der Waals surface area contributed by atoms with Crippen LogP contribution in [-0.4, -0.2) is 42.9 Å². The van der Waals surface area contributed by atoms with Gasteiger partial charge in [0.1, 0.15) is 18.1 Å². The minimum atomic E-state index is -0.402. The summed E-state index contributed by atoms with van der Waals surface area (Å²) in [6.07, 6.45) is 0.387. The standard InChI is InChI=1S/C20H25FN2O2.ClH/c21-9-8-19(23-12-10-22-11-13-23)18-7-6-17(14-20(18)24)25-15-16-4-2-1-3-5-16;/h1-7,14,19,22,24H,8-13,15H2;1H/t19-;/m0./s1. The van der Waals surface area contributed by atoms with E-state index in [-0.39, 0.29) is 24.2 Å². The first-order valence-electron chi connectivity index (χ1n) is 8.78. The van der Waals surface area contributed by atoms with Crippen LogP contribution in [0.2, 0.25) is 0 Å². The molecule has 1 heterocycles. The number of aromatic hydroxyl groups is 1. The van der Waals surface area contributed by atoms with Crippen molar-refractivity contribution in [2.24, 2.45) is 0 Å². The van der Waals surface area contributed by atoms with Crippen molar-refractivity contribution in [1.82, 2.24) is 10.2 Å². The maximum absolute atomic E-state index is 13.1. The molecule has 0 aliphatic carbocycles. The Bertz CT molecular complexity index is 666. The summed E-state index contributed by atoms with van der Waals surface area (Å²) in [5.41, 5.74) is 1.84. The highest BCUT2D eigenvalue weighted by Crippen LogP contribution is 2.34. The molecule has 1 fully saturated rings. The van der Waals surface area contributed by atoms with Crippen molar-refractivity contribution < 1.29 is 14.2 Å². The zero-order valence-corrected chi connectivity index (χ0v) is 15.6. The van der Waals surface area contributed by atoms with Gasteiger partial charge in [0.15, 0.2) is 0 Å². The molecule has 26 heavy (non-hydrogen) atoms. The molecule has 2 aromatic rings. The van der Waals surface area contributed by atoms with Crippen LogP contribution in [-0.2, 0) is 6.61 Å². The fourth-order valence-electron chi connectivity index (χ4n) is 3.27. The van der Waals surface area contributed by atoms with Gasteiger partial charge in [0.2, 0.25) is 0 Å². The van der Waals surface area contributed by atoms with Crippen molar-refractivity contribution >= 4 is 12.4 Å². The highest BCUT2D eigenvalue weighted by Gasteiger charge is 2.24. The van der Waals surface area contributed by atoms with E-state index in [1.54, 1.807) is 6.07 Å². The number of piperazine rings is 1. The van der Waals surface area contributed by atoms with Gasteiger partial charge in [-0.15, -0.1) is 12.4 Å². The molecule has 4 nitrogen and oxygen atoms in total. The maximum Gasteiger partial charge on any atom is 0.124 e. The van der Waals surface area contributed by atoms with E-state index in [2.05, 4.69) is 10.2 Å². The molecule has 3 rings (SSSR count). The fourth-order valence-corrected chi connectivity index (χ4v) is 3.27. The molecule has 2 N–H and O–H groups in total. The molecule has 1 aliphatic heterocycles. The Labute approximate surface area is 160 Å². The molecule has 1 saturated heterocycles. The molecule has 0 spiro atoms. The first kappa shape index (κ1) is 20.5. The van der Waals surface area contributed by atoms with E-state index in [0.717, 1.165) is 37.3 Å². The predicted molar refractivity (Wildman–Crippen MR) is 104 cm³/mol. The molecule has 0 aromatic heterocycles. The van der Waals surface area contributed by atoms with Crippen molar-refractivity contribution in [2.75, 3.05) is 32.9 Å². The summed E-state index contributed by atoms with van der Waals surface area (Å²) in [6.45, 7) is 3.54. The smallest absolute Gasteiger partial charge is 0.124 e. The van der Waals surface area contributed by atoms with E-state index in [1.807, 2.05) is 42.5 Å². The summed E-state index contributed by atoms with van der Waals surface area (Å²) in [4.78, 5) is 2.23. The number of ether oxygens (including phenoxy) is 1. The van der Waals surface area contributed by atoms with Crippen LogP contribution in [0.1, 0.15) is 23.6 Å². The predicted octanol–water partition coefficient (Wildman–Crippen LogP) is 3.70. The molecule has 1 atom stereocenters. The van der Waals surface area contributed by atoms with Gasteiger partial charge < -0.3 is 15.2 Å². The first-order valence-corrected chi connectivity index (χ1v) is 8.78. The van der Waals surface area contributed by atoms with Crippen molar-refractivity contribution in [3.63, 3.8) is 0 Å². The monoisotopic (exact) mass is 380 g/mol. The minimum Gasteiger partial charge on any atom is -0.507 e. The van der Waals surface area contributed by atoms with Crippen LogP contribution in [0.3, 0.4) is 0 Å². The van der Waals surface area contributed by atoms with Crippen molar-refractivity contribution in [1.29, 1.82) is 0 Å². The molecule has 0 bridgehead atoms. The van der Waals surface area contributed by atoms with Gasteiger partial charge in [0.25, 0.3) is 0 Å². The van der Waals surface area contributed by atoms with Crippen LogP contribution >= 0.6 is 12.4 Å². The molecule has 2 aromatic carbocycles. The summed E-state index contributed by atoms with van der Waals surface area (Å²) in [5, 5.41) is 13.8. The van der Waals surface area contributed by atoms with E-state index in [9.17, 15) is 9.50 Å². The molecule has 142 valence electrons. The van der Waals surface area contributed by atoms with Crippen LogP contribution in [0.25, 0.3) is 0 Å². The molecule has 0 saturated carbocycles. The number of nitrogens with one attached hydrogen (secondary N) is 1. The first-order chi connectivity index (χ1) is 12.3. The quantitative estimate of drug-likeness (QED) is 0.768. The van der Waals surface area contributed by atoms with E-state index in [1.165, 1.54) is 0 Å². The second-order valence-corrected chi connectivity index (χ2v) is 6.27. The molecule has 0 unspecified atom stereocenters. The number of nitrogens with zero attached hydrogens (tertiary/aromatic N) is 1. The van der Waals surface area contributed by atoms with Crippen LogP contribution < -0.4 is 10.1 Å². The molecule has 0 radical (unpaired) electrons. The largest absolute Gasteiger partial charge is 0.507 e. The van der Waals surface area contributed by atoms with Gasteiger partial charge in [0.05, 0.1) is 6.67 Å². The lowest BCUT2D eigenvalue weighted by atomic mass is 10.0. The third-order valence-corrected chi connectivity index (χ3v) is 4.58. The van der Waals surface area contributed by atoms with Crippen molar-refractivity contribution in [3.05, 3.63) is 59.7 Å². The topological polar surface area (TPSA) is 44.7 Å². The van der Waals surface area contributed by atoms with Gasteiger partial charge in [-0.1, -0.05) is 36.4 Å². The SMILES string of the molecule is Cl.Oc1cc(OCc2ccccc2)ccc1[C@H](CCF)N1CCNCC1.